The molecule has 80 valence electrons. The van der Waals surface area contributed by atoms with Crippen LogP contribution < -0.4 is 0 Å². The highest BCUT2D eigenvalue weighted by Crippen LogP contribution is 2.39. The Bertz CT molecular complexity index is 201. The first-order chi connectivity index (χ1) is 6.86. The smallest absolute Gasteiger partial charge is 0.00911 e. The second-order valence-electron chi connectivity index (χ2n) is 4.82. The van der Waals surface area contributed by atoms with Crippen LogP contribution in [0.2, 0.25) is 0 Å². The van der Waals surface area contributed by atoms with E-state index in [1.807, 2.05) is 0 Å². The monoisotopic (exact) mass is 210 g/mol. The van der Waals surface area contributed by atoms with Crippen molar-refractivity contribution >= 4 is 11.8 Å². The molecule has 2 aliphatic rings. The third kappa shape index (κ3) is 2.79. The molecule has 0 heterocycles. The SMILES string of the molecule is CC1CCCC=C1SC1CCCCC1. The van der Waals surface area contributed by atoms with Gasteiger partial charge in [0.2, 0.25) is 0 Å². The van der Waals surface area contributed by atoms with Gasteiger partial charge < -0.3 is 0 Å². The Morgan fingerprint density at radius 2 is 1.86 bits per heavy atom. The molecule has 0 aliphatic heterocycles. The summed E-state index contributed by atoms with van der Waals surface area (Å²) in [7, 11) is 0. The molecule has 0 amide bonds. The summed E-state index contributed by atoms with van der Waals surface area (Å²) in [5, 5.41) is 0.954. The van der Waals surface area contributed by atoms with Crippen molar-refractivity contribution in [2.45, 2.75) is 63.5 Å². The Labute approximate surface area is 92.5 Å². The Kier molecular flexibility index (Phi) is 3.98. The van der Waals surface area contributed by atoms with Crippen molar-refractivity contribution in [3.63, 3.8) is 0 Å². The number of allylic oxidation sites excluding steroid dienone is 2. The van der Waals surface area contributed by atoms with Crippen LogP contribution in [0.4, 0.5) is 0 Å². The zero-order valence-electron chi connectivity index (χ0n) is 9.30. The van der Waals surface area contributed by atoms with Crippen LogP contribution in [0.25, 0.3) is 0 Å². The molecule has 0 aromatic heterocycles. The lowest BCUT2D eigenvalue weighted by atomic mass is 9.97. The fourth-order valence-electron chi connectivity index (χ4n) is 2.55. The van der Waals surface area contributed by atoms with E-state index < -0.39 is 0 Å². The number of hydrogen-bond donors (Lipinski definition) is 0. The molecular formula is C13H22S. The first-order valence-electron chi connectivity index (χ1n) is 6.23. The maximum atomic E-state index is 2.51. The molecule has 1 fully saturated rings. The normalized spacial score (nSPS) is 30.1. The molecule has 0 spiro atoms. The van der Waals surface area contributed by atoms with Crippen molar-refractivity contribution < 1.29 is 0 Å². The molecule has 14 heavy (non-hydrogen) atoms. The Morgan fingerprint density at radius 1 is 1.07 bits per heavy atom. The predicted octanol–water partition coefficient (Wildman–Crippen LogP) is 4.76. The molecule has 2 aliphatic carbocycles. The molecular weight excluding hydrogens is 188 g/mol. The summed E-state index contributed by atoms with van der Waals surface area (Å²) in [5.41, 5.74) is 0. The van der Waals surface area contributed by atoms with Crippen LogP contribution in [-0.2, 0) is 0 Å². The Morgan fingerprint density at radius 3 is 2.57 bits per heavy atom. The molecule has 0 N–H and O–H groups in total. The number of hydrogen-bond acceptors (Lipinski definition) is 1. The van der Waals surface area contributed by atoms with E-state index in [0.29, 0.717) is 0 Å². The molecule has 1 unspecified atom stereocenters. The third-order valence-electron chi connectivity index (χ3n) is 3.53. The summed E-state index contributed by atoms with van der Waals surface area (Å²) in [6.45, 7) is 2.40. The van der Waals surface area contributed by atoms with Gasteiger partial charge in [-0.1, -0.05) is 32.3 Å². The van der Waals surface area contributed by atoms with Crippen molar-refractivity contribution in [1.29, 1.82) is 0 Å². The lowest BCUT2D eigenvalue weighted by molar-refractivity contribution is 0.514. The van der Waals surface area contributed by atoms with Gasteiger partial charge in [-0.15, -0.1) is 11.8 Å². The van der Waals surface area contributed by atoms with Gasteiger partial charge in [0.25, 0.3) is 0 Å². The minimum Gasteiger partial charge on any atom is -0.127 e. The lowest BCUT2D eigenvalue weighted by Crippen LogP contribution is -2.11. The van der Waals surface area contributed by atoms with Crippen molar-refractivity contribution in [2.24, 2.45) is 5.92 Å². The summed E-state index contributed by atoms with van der Waals surface area (Å²) >= 11 is 2.21. The van der Waals surface area contributed by atoms with E-state index in [4.69, 9.17) is 0 Å². The highest BCUT2D eigenvalue weighted by molar-refractivity contribution is 8.03. The van der Waals surface area contributed by atoms with E-state index in [9.17, 15) is 0 Å². The van der Waals surface area contributed by atoms with Gasteiger partial charge in [0, 0.05) is 5.25 Å². The fourth-order valence-corrected chi connectivity index (χ4v) is 4.07. The van der Waals surface area contributed by atoms with Gasteiger partial charge in [-0.25, -0.2) is 0 Å². The van der Waals surface area contributed by atoms with Crippen LogP contribution in [0.15, 0.2) is 11.0 Å². The average molecular weight is 210 g/mol. The number of thioether (sulfide) groups is 1. The summed E-state index contributed by atoms with van der Waals surface area (Å²) < 4.78 is 0. The van der Waals surface area contributed by atoms with Gasteiger partial charge >= 0.3 is 0 Å². The van der Waals surface area contributed by atoms with E-state index in [2.05, 4.69) is 24.8 Å². The van der Waals surface area contributed by atoms with E-state index in [-0.39, 0.29) is 0 Å². The average Bonchev–Trinajstić information content (AvgIpc) is 2.23. The van der Waals surface area contributed by atoms with Crippen LogP contribution in [0.1, 0.15) is 58.3 Å². The molecule has 0 saturated heterocycles. The van der Waals surface area contributed by atoms with E-state index >= 15 is 0 Å². The maximum absolute atomic E-state index is 2.51. The summed E-state index contributed by atoms with van der Waals surface area (Å²) in [4.78, 5) is 1.71. The second kappa shape index (κ2) is 5.25. The van der Waals surface area contributed by atoms with Crippen molar-refractivity contribution in [2.75, 3.05) is 0 Å². The topological polar surface area (TPSA) is 0 Å². The summed E-state index contributed by atoms with van der Waals surface area (Å²) in [6, 6.07) is 0. The first kappa shape index (κ1) is 10.6. The summed E-state index contributed by atoms with van der Waals surface area (Å²) in [5.74, 6) is 0.857. The van der Waals surface area contributed by atoms with Gasteiger partial charge in [-0.3, -0.25) is 0 Å². The van der Waals surface area contributed by atoms with Crippen LogP contribution in [0.3, 0.4) is 0 Å². The molecule has 0 radical (unpaired) electrons. The lowest BCUT2D eigenvalue weighted by Gasteiger charge is -2.26. The largest absolute Gasteiger partial charge is 0.127 e. The molecule has 2 rings (SSSR count). The Hall–Kier alpha value is 0.0900. The predicted molar refractivity (Wildman–Crippen MR) is 65.6 cm³/mol. The molecule has 0 aromatic carbocycles. The highest BCUT2D eigenvalue weighted by atomic mass is 32.2. The Balaban J connectivity index is 1.85. The highest BCUT2D eigenvalue weighted by Gasteiger charge is 2.19. The standard InChI is InChI=1S/C13H22S/c1-11-7-5-6-10-13(11)14-12-8-3-2-4-9-12/h10-12H,2-9H2,1H3. The van der Waals surface area contributed by atoms with Crippen molar-refractivity contribution in [3.8, 4) is 0 Å². The second-order valence-corrected chi connectivity index (χ2v) is 6.19. The van der Waals surface area contributed by atoms with Crippen LogP contribution in [-0.4, -0.2) is 5.25 Å². The molecule has 0 nitrogen and oxygen atoms in total. The van der Waals surface area contributed by atoms with Gasteiger partial charge in [0.1, 0.15) is 0 Å². The van der Waals surface area contributed by atoms with E-state index in [0.717, 1.165) is 11.2 Å². The maximum Gasteiger partial charge on any atom is 0.00911 e. The number of rotatable bonds is 2. The zero-order valence-corrected chi connectivity index (χ0v) is 10.1. The van der Waals surface area contributed by atoms with Gasteiger partial charge in [-0.05, 0) is 42.9 Å². The van der Waals surface area contributed by atoms with Gasteiger partial charge in [0.15, 0.2) is 0 Å². The zero-order chi connectivity index (χ0) is 9.80. The fraction of sp³-hybridized carbons (Fsp3) is 0.846. The summed E-state index contributed by atoms with van der Waals surface area (Å²) in [6.07, 6.45) is 14.0. The van der Waals surface area contributed by atoms with E-state index in [1.165, 1.54) is 51.4 Å². The molecule has 1 saturated carbocycles. The minimum absolute atomic E-state index is 0.857. The van der Waals surface area contributed by atoms with Crippen LogP contribution in [0.5, 0.6) is 0 Å². The molecule has 0 aromatic rings. The third-order valence-corrected chi connectivity index (χ3v) is 5.17. The molecule has 0 bridgehead atoms. The molecule has 1 heteroatoms. The van der Waals surface area contributed by atoms with E-state index in [1.54, 1.807) is 4.91 Å². The quantitative estimate of drug-likeness (QED) is 0.633. The van der Waals surface area contributed by atoms with Gasteiger partial charge in [-0.2, -0.15) is 0 Å². The van der Waals surface area contributed by atoms with Crippen LogP contribution in [0, 0.1) is 5.92 Å². The first-order valence-corrected chi connectivity index (χ1v) is 7.11. The van der Waals surface area contributed by atoms with Gasteiger partial charge in [0.05, 0.1) is 0 Å². The minimum atomic E-state index is 0.857. The molecule has 1 atom stereocenters. The van der Waals surface area contributed by atoms with Crippen molar-refractivity contribution in [3.05, 3.63) is 11.0 Å². The van der Waals surface area contributed by atoms with Crippen LogP contribution >= 0.6 is 11.8 Å². The van der Waals surface area contributed by atoms with Crippen molar-refractivity contribution in [1.82, 2.24) is 0 Å².